The maximum Gasteiger partial charge on any atom is 0.416 e. The van der Waals surface area contributed by atoms with Gasteiger partial charge in [0.2, 0.25) is 0 Å². The number of ether oxygens (including phenoxy) is 1. The summed E-state index contributed by atoms with van der Waals surface area (Å²) in [4.78, 5) is 11.4. The van der Waals surface area contributed by atoms with E-state index in [1.807, 2.05) is 32.9 Å². The summed E-state index contributed by atoms with van der Waals surface area (Å²) in [7, 11) is 0. The predicted octanol–water partition coefficient (Wildman–Crippen LogP) is 9.90. The monoisotopic (exact) mass is 608 g/mol. The highest BCUT2D eigenvalue weighted by molar-refractivity contribution is 6.05. The molecule has 0 bridgehead atoms. The minimum absolute atomic E-state index is 0.00859. The smallest absolute Gasteiger partial charge is 0.416 e. The Morgan fingerprint density at radius 2 is 1.39 bits per heavy atom. The second-order valence-electron chi connectivity index (χ2n) is 11.5. The third kappa shape index (κ3) is 6.86. The van der Waals surface area contributed by atoms with Gasteiger partial charge in [-0.3, -0.25) is 0 Å². The van der Waals surface area contributed by atoms with Crippen LogP contribution in [0.4, 0.5) is 26.3 Å². The number of rotatable bonds is 6. The van der Waals surface area contributed by atoms with Crippen molar-refractivity contribution < 1.29 is 35.9 Å². The Balaban J connectivity index is 2.09. The summed E-state index contributed by atoms with van der Waals surface area (Å²) in [6, 6.07) is 16.2. The minimum Gasteiger partial charge on any atom is -0.457 e. The van der Waals surface area contributed by atoms with Crippen molar-refractivity contribution in [2.45, 2.75) is 58.3 Å². The fourth-order valence-corrected chi connectivity index (χ4v) is 4.78. The quantitative estimate of drug-likeness (QED) is 0.204. The van der Waals surface area contributed by atoms with E-state index < -0.39 is 34.5 Å². The molecule has 0 amide bonds. The first-order valence-electron chi connectivity index (χ1n) is 13.4. The summed E-state index contributed by atoms with van der Waals surface area (Å²) in [5, 5.41) is 20.3. The first-order valence-corrected chi connectivity index (χ1v) is 13.4. The van der Waals surface area contributed by atoms with E-state index in [0.29, 0.717) is 41.7 Å². The van der Waals surface area contributed by atoms with E-state index in [-0.39, 0.29) is 39.7 Å². The molecule has 0 spiro atoms. The van der Waals surface area contributed by atoms with Crippen LogP contribution in [-0.4, -0.2) is 5.78 Å². The lowest BCUT2D eigenvalue weighted by Crippen LogP contribution is -2.12. The van der Waals surface area contributed by atoms with Crippen molar-refractivity contribution in [3.8, 4) is 34.8 Å². The highest BCUT2D eigenvalue weighted by Gasteiger charge is 2.37. The first-order chi connectivity index (χ1) is 20.4. The molecule has 4 aromatic rings. The first kappa shape index (κ1) is 32.1. The number of carbonyl (C=O) groups is 1. The Morgan fingerprint density at radius 3 is 1.86 bits per heavy atom. The van der Waals surface area contributed by atoms with Crippen molar-refractivity contribution in [1.29, 1.82) is 10.5 Å². The van der Waals surface area contributed by atoms with Gasteiger partial charge in [0.25, 0.3) is 0 Å². The maximum atomic E-state index is 13.8. The number of fused-ring (bicyclic) bond motifs is 1. The molecule has 4 nitrogen and oxygen atoms in total. The number of benzene rings is 4. The van der Waals surface area contributed by atoms with Crippen LogP contribution < -0.4 is 4.74 Å². The summed E-state index contributed by atoms with van der Waals surface area (Å²) in [6.07, 6.45) is -9.42. The summed E-state index contributed by atoms with van der Waals surface area (Å²) >= 11 is 0. The molecule has 226 valence electrons. The lowest BCUT2D eigenvalue weighted by Gasteiger charge is -2.23. The van der Waals surface area contributed by atoms with Gasteiger partial charge in [-0.1, -0.05) is 39.0 Å². The van der Waals surface area contributed by atoms with E-state index in [1.54, 1.807) is 36.4 Å². The fourth-order valence-electron chi connectivity index (χ4n) is 4.78. The summed E-state index contributed by atoms with van der Waals surface area (Å²) in [5.41, 5.74) is -3.47. The molecule has 0 aliphatic carbocycles. The molecule has 0 N–H and O–H groups in total. The average molecular weight is 609 g/mol. The Labute approximate surface area is 250 Å². The number of nitrogens with zero attached hydrogens (tertiary/aromatic N) is 2. The molecular weight excluding hydrogens is 582 g/mol. The molecule has 0 aliphatic heterocycles. The molecule has 44 heavy (non-hydrogen) atoms. The molecule has 0 radical (unpaired) electrons. The predicted molar refractivity (Wildman–Crippen MR) is 153 cm³/mol. The molecule has 0 aliphatic rings. The van der Waals surface area contributed by atoms with Crippen LogP contribution in [0.25, 0.3) is 21.9 Å². The van der Waals surface area contributed by atoms with Gasteiger partial charge in [0, 0.05) is 17.4 Å². The van der Waals surface area contributed by atoms with Gasteiger partial charge in [-0.2, -0.15) is 36.9 Å². The van der Waals surface area contributed by atoms with E-state index in [9.17, 15) is 41.7 Å². The molecule has 0 fully saturated rings. The van der Waals surface area contributed by atoms with Crippen LogP contribution in [0, 0.1) is 22.7 Å². The van der Waals surface area contributed by atoms with Gasteiger partial charge in [0.1, 0.15) is 29.4 Å². The molecule has 4 rings (SSSR count). The summed E-state index contributed by atoms with van der Waals surface area (Å²) in [6.45, 7) is 7.19. The van der Waals surface area contributed by atoms with Crippen LogP contribution >= 0.6 is 0 Å². The van der Waals surface area contributed by atoms with Gasteiger partial charge in [-0.05, 0) is 83.3 Å². The molecule has 0 heterocycles. The van der Waals surface area contributed by atoms with E-state index in [4.69, 9.17) is 4.74 Å². The summed E-state index contributed by atoms with van der Waals surface area (Å²) < 4.78 is 89.3. The number of alkyl halides is 6. The SMILES string of the molecule is CC(=O)CCc1ccc(Oc2cc(C(C)(C)C)cc3cc(C#N)c(C#N)c(-c4cc(C(F)(F)F)cc(C(F)(F)F)c4)c23)cc1. The van der Waals surface area contributed by atoms with Gasteiger partial charge in [0.15, 0.2) is 0 Å². The van der Waals surface area contributed by atoms with Crippen LogP contribution in [0.15, 0.2) is 60.7 Å². The zero-order valence-corrected chi connectivity index (χ0v) is 24.2. The molecular formula is C34H26F6N2O2. The lowest BCUT2D eigenvalue weighted by molar-refractivity contribution is -0.143. The van der Waals surface area contributed by atoms with Crippen molar-refractivity contribution in [3.63, 3.8) is 0 Å². The highest BCUT2D eigenvalue weighted by atomic mass is 19.4. The zero-order valence-electron chi connectivity index (χ0n) is 24.2. The number of hydrogen-bond donors (Lipinski definition) is 0. The average Bonchev–Trinajstić information content (AvgIpc) is 2.93. The molecule has 0 saturated heterocycles. The van der Waals surface area contributed by atoms with Gasteiger partial charge >= 0.3 is 12.4 Å². The zero-order chi connectivity index (χ0) is 32.6. The molecule has 0 saturated carbocycles. The van der Waals surface area contributed by atoms with E-state index in [1.165, 1.54) is 13.0 Å². The fraction of sp³-hybridized carbons (Fsp3) is 0.265. The Bertz CT molecular complexity index is 1800. The number of hydrogen-bond acceptors (Lipinski definition) is 4. The maximum absolute atomic E-state index is 13.8. The van der Waals surface area contributed by atoms with Crippen molar-refractivity contribution in [2.75, 3.05) is 0 Å². The molecule has 0 unspecified atom stereocenters. The van der Waals surface area contributed by atoms with Gasteiger partial charge in [-0.25, -0.2) is 0 Å². The van der Waals surface area contributed by atoms with Crippen molar-refractivity contribution in [3.05, 3.63) is 94.0 Å². The van der Waals surface area contributed by atoms with E-state index in [2.05, 4.69) is 0 Å². The van der Waals surface area contributed by atoms with Crippen LogP contribution in [-0.2, 0) is 29.0 Å². The Morgan fingerprint density at radius 1 is 0.795 bits per heavy atom. The number of ketones is 1. The van der Waals surface area contributed by atoms with Crippen molar-refractivity contribution in [1.82, 2.24) is 0 Å². The number of aryl methyl sites for hydroxylation is 1. The Hall–Kier alpha value is -4.83. The standard InChI is InChI=1S/C34H26F6N2O2/c1-19(43)5-6-20-7-9-27(10-8-20)44-29-16-24(32(2,3)4)12-21-11-23(17-41)28(18-42)30(31(21)29)22-13-25(33(35,36)37)15-26(14-22)34(38,39)40/h7-16H,5-6H2,1-4H3. The highest BCUT2D eigenvalue weighted by Crippen LogP contribution is 2.46. The van der Waals surface area contributed by atoms with Gasteiger partial charge in [-0.15, -0.1) is 0 Å². The number of nitriles is 2. The molecule has 0 aromatic heterocycles. The van der Waals surface area contributed by atoms with Crippen LogP contribution in [0.1, 0.15) is 67.5 Å². The summed E-state index contributed by atoms with van der Waals surface area (Å²) in [5.74, 6) is 0.403. The van der Waals surface area contributed by atoms with Crippen LogP contribution in [0.3, 0.4) is 0 Å². The topological polar surface area (TPSA) is 73.9 Å². The number of halogens is 6. The largest absolute Gasteiger partial charge is 0.457 e. The molecule has 10 heteroatoms. The van der Waals surface area contributed by atoms with Gasteiger partial charge < -0.3 is 9.53 Å². The normalized spacial score (nSPS) is 12.1. The molecule has 0 atom stereocenters. The van der Waals surface area contributed by atoms with Crippen LogP contribution in [0.2, 0.25) is 0 Å². The van der Waals surface area contributed by atoms with E-state index in [0.717, 1.165) is 5.56 Å². The van der Waals surface area contributed by atoms with E-state index >= 15 is 0 Å². The van der Waals surface area contributed by atoms with Crippen LogP contribution in [0.5, 0.6) is 11.5 Å². The molecule has 4 aromatic carbocycles. The third-order valence-corrected chi connectivity index (χ3v) is 7.09. The lowest BCUT2D eigenvalue weighted by atomic mass is 9.82. The minimum atomic E-state index is -5.13. The third-order valence-electron chi connectivity index (χ3n) is 7.09. The Kier molecular flexibility index (Phi) is 8.53. The number of Topliss-reactive ketones (excluding diaryl/α,β-unsaturated/α-hetero) is 1. The second-order valence-corrected chi connectivity index (χ2v) is 11.5. The second kappa shape index (κ2) is 11.7. The number of carbonyl (C=O) groups excluding carboxylic acids is 1. The van der Waals surface area contributed by atoms with Crippen molar-refractivity contribution >= 4 is 16.6 Å². The van der Waals surface area contributed by atoms with Gasteiger partial charge in [0.05, 0.1) is 22.3 Å². The van der Waals surface area contributed by atoms with Crippen molar-refractivity contribution in [2.24, 2.45) is 0 Å².